The number of anilines is 2. The number of carbonyl (C=O) groups is 3. The minimum absolute atomic E-state index is 0.164. The second-order valence-electron chi connectivity index (χ2n) is 6.57. The molecule has 8 nitrogen and oxygen atoms in total. The van der Waals surface area contributed by atoms with E-state index in [4.69, 9.17) is 9.15 Å². The molecule has 0 bridgehead atoms. The first-order valence-electron chi connectivity index (χ1n) is 8.93. The third-order valence-corrected chi connectivity index (χ3v) is 4.62. The first-order valence-corrected chi connectivity index (χ1v) is 8.93. The van der Waals surface area contributed by atoms with E-state index in [1.807, 2.05) is 11.8 Å². The standard InChI is InChI=1S/C20H19N3O5/c1-13-2-4-14(5-3-13)23-19(25)16(18(24)21-20(23)26)12-15-6-7-17(28-15)22-8-10-27-11-9-22/h2-7,12H,8-11H2,1H3,(H,21,24,26)/b16-12-. The number of urea groups is 1. The van der Waals surface area contributed by atoms with E-state index in [1.54, 1.807) is 36.4 Å². The molecular weight excluding hydrogens is 362 g/mol. The lowest BCUT2D eigenvalue weighted by atomic mass is 10.1. The Morgan fingerprint density at radius 3 is 2.43 bits per heavy atom. The number of benzene rings is 1. The van der Waals surface area contributed by atoms with Gasteiger partial charge < -0.3 is 14.1 Å². The number of hydrogen-bond acceptors (Lipinski definition) is 6. The van der Waals surface area contributed by atoms with E-state index in [0.29, 0.717) is 43.6 Å². The van der Waals surface area contributed by atoms with E-state index in [2.05, 4.69) is 5.32 Å². The lowest BCUT2D eigenvalue weighted by Crippen LogP contribution is -2.54. The Morgan fingerprint density at radius 1 is 1.00 bits per heavy atom. The monoisotopic (exact) mass is 381 g/mol. The zero-order valence-corrected chi connectivity index (χ0v) is 15.3. The number of ether oxygens (including phenoxy) is 1. The molecule has 1 aromatic heterocycles. The number of hydrogen-bond donors (Lipinski definition) is 1. The molecule has 0 unspecified atom stereocenters. The zero-order valence-electron chi connectivity index (χ0n) is 15.3. The summed E-state index contributed by atoms with van der Waals surface area (Å²) in [7, 11) is 0. The van der Waals surface area contributed by atoms with E-state index in [-0.39, 0.29) is 5.57 Å². The minimum Gasteiger partial charge on any atom is -0.441 e. The van der Waals surface area contributed by atoms with Gasteiger partial charge in [-0.05, 0) is 31.2 Å². The summed E-state index contributed by atoms with van der Waals surface area (Å²) in [6, 6.07) is 9.59. The van der Waals surface area contributed by atoms with Gasteiger partial charge in [0.05, 0.1) is 18.9 Å². The van der Waals surface area contributed by atoms with Crippen LogP contribution < -0.4 is 15.1 Å². The number of nitrogens with zero attached hydrogens (tertiary/aromatic N) is 2. The first-order chi connectivity index (χ1) is 13.5. The lowest BCUT2D eigenvalue weighted by molar-refractivity contribution is -0.122. The largest absolute Gasteiger partial charge is 0.441 e. The lowest BCUT2D eigenvalue weighted by Gasteiger charge is -2.26. The molecule has 2 aliphatic heterocycles. The van der Waals surface area contributed by atoms with Gasteiger partial charge in [0.1, 0.15) is 11.3 Å². The van der Waals surface area contributed by atoms with Gasteiger partial charge in [0.15, 0.2) is 5.88 Å². The normalized spacial score (nSPS) is 19.3. The van der Waals surface area contributed by atoms with Crippen LogP contribution in [-0.2, 0) is 14.3 Å². The molecule has 2 aliphatic rings. The third-order valence-electron chi connectivity index (χ3n) is 4.62. The first kappa shape index (κ1) is 18.0. The van der Waals surface area contributed by atoms with Crippen LogP contribution >= 0.6 is 0 Å². The van der Waals surface area contributed by atoms with Gasteiger partial charge in [-0.1, -0.05) is 17.7 Å². The summed E-state index contributed by atoms with van der Waals surface area (Å²) >= 11 is 0. The van der Waals surface area contributed by atoms with Crippen molar-refractivity contribution in [3.05, 3.63) is 53.3 Å². The van der Waals surface area contributed by atoms with Crippen LogP contribution in [0.4, 0.5) is 16.4 Å². The van der Waals surface area contributed by atoms with Crippen molar-refractivity contribution >= 4 is 35.5 Å². The summed E-state index contributed by atoms with van der Waals surface area (Å²) in [5, 5.41) is 2.20. The van der Waals surface area contributed by atoms with Gasteiger partial charge in [-0.15, -0.1) is 0 Å². The van der Waals surface area contributed by atoms with Crippen molar-refractivity contribution in [3.63, 3.8) is 0 Å². The van der Waals surface area contributed by atoms with Crippen molar-refractivity contribution in [1.82, 2.24) is 5.32 Å². The SMILES string of the molecule is Cc1ccc(N2C(=O)NC(=O)/C(=C/c3ccc(N4CCOCC4)o3)C2=O)cc1. The number of aryl methyl sites for hydroxylation is 1. The van der Waals surface area contributed by atoms with Gasteiger partial charge in [0.25, 0.3) is 11.8 Å². The van der Waals surface area contributed by atoms with E-state index in [0.717, 1.165) is 10.5 Å². The Kier molecular flexibility index (Phi) is 4.70. The molecule has 0 radical (unpaired) electrons. The Hall–Kier alpha value is -3.39. The van der Waals surface area contributed by atoms with Crippen molar-refractivity contribution in [2.45, 2.75) is 6.92 Å². The number of imide groups is 2. The quantitative estimate of drug-likeness (QED) is 0.647. The van der Waals surface area contributed by atoms with Crippen LogP contribution in [0.3, 0.4) is 0 Å². The Balaban J connectivity index is 1.61. The summed E-state index contributed by atoms with van der Waals surface area (Å²) < 4.78 is 11.1. The highest BCUT2D eigenvalue weighted by Gasteiger charge is 2.37. The van der Waals surface area contributed by atoms with Crippen LogP contribution in [0.15, 0.2) is 46.4 Å². The molecule has 4 amide bonds. The fourth-order valence-corrected chi connectivity index (χ4v) is 3.10. The molecule has 144 valence electrons. The van der Waals surface area contributed by atoms with Crippen LogP contribution in [-0.4, -0.2) is 44.1 Å². The molecule has 0 atom stereocenters. The third kappa shape index (κ3) is 3.41. The van der Waals surface area contributed by atoms with Crippen molar-refractivity contribution in [2.75, 3.05) is 36.1 Å². The Morgan fingerprint density at radius 2 is 1.71 bits per heavy atom. The second-order valence-corrected chi connectivity index (χ2v) is 6.57. The molecule has 4 rings (SSSR count). The fourth-order valence-electron chi connectivity index (χ4n) is 3.10. The maximum absolute atomic E-state index is 12.9. The molecule has 2 aromatic rings. The molecule has 1 N–H and O–H groups in total. The Labute approximate surface area is 161 Å². The number of nitrogens with one attached hydrogen (secondary N) is 1. The van der Waals surface area contributed by atoms with Crippen molar-refractivity contribution in [1.29, 1.82) is 0 Å². The second kappa shape index (κ2) is 7.32. The number of barbiturate groups is 1. The molecule has 2 fully saturated rings. The molecule has 0 saturated carbocycles. The van der Waals surface area contributed by atoms with Gasteiger partial charge in [-0.3, -0.25) is 14.9 Å². The molecule has 0 spiro atoms. The molecule has 0 aliphatic carbocycles. The van der Waals surface area contributed by atoms with Gasteiger partial charge in [-0.25, -0.2) is 9.69 Å². The molecule has 2 saturated heterocycles. The molecule has 3 heterocycles. The average Bonchev–Trinajstić information content (AvgIpc) is 3.16. The smallest absolute Gasteiger partial charge is 0.335 e. The van der Waals surface area contributed by atoms with Crippen LogP contribution in [0.25, 0.3) is 6.08 Å². The van der Waals surface area contributed by atoms with Crippen LogP contribution in [0.5, 0.6) is 0 Å². The maximum Gasteiger partial charge on any atom is 0.335 e. The van der Waals surface area contributed by atoms with Crippen molar-refractivity contribution < 1.29 is 23.5 Å². The van der Waals surface area contributed by atoms with Crippen LogP contribution in [0, 0.1) is 6.92 Å². The van der Waals surface area contributed by atoms with E-state index >= 15 is 0 Å². The van der Waals surface area contributed by atoms with Crippen molar-refractivity contribution in [2.24, 2.45) is 0 Å². The average molecular weight is 381 g/mol. The maximum atomic E-state index is 12.9. The number of rotatable bonds is 3. The highest BCUT2D eigenvalue weighted by molar-refractivity contribution is 6.39. The van der Waals surface area contributed by atoms with E-state index in [1.165, 1.54) is 6.08 Å². The minimum atomic E-state index is -0.774. The number of furan rings is 1. The van der Waals surface area contributed by atoms with Gasteiger partial charge >= 0.3 is 6.03 Å². The number of amides is 4. The van der Waals surface area contributed by atoms with Gasteiger partial charge in [-0.2, -0.15) is 0 Å². The van der Waals surface area contributed by atoms with Crippen LogP contribution in [0.1, 0.15) is 11.3 Å². The predicted octanol–water partition coefficient (Wildman–Crippen LogP) is 2.09. The van der Waals surface area contributed by atoms with Gasteiger partial charge in [0, 0.05) is 19.2 Å². The van der Waals surface area contributed by atoms with Crippen LogP contribution in [0.2, 0.25) is 0 Å². The van der Waals surface area contributed by atoms with E-state index in [9.17, 15) is 14.4 Å². The topological polar surface area (TPSA) is 92.1 Å². The number of morpholine rings is 1. The summed E-state index contributed by atoms with van der Waals surface area (Å²) in [5.41, 5.74) is 1.22. The molecule has 28 heavy (non-hydrogen) atoms. The summed E-state index contributed by atoms with van der Waals surface area (Å²) in [4.78, 5) is 40.3. The zero-order chi connectivity index (χ0) is 19.7. The molecular formula is C20H19N3O5. The van der Waals surface area contributed by atoms with Gasteiger partial charge in [0.2, 0.25) is 0 Å². The summed E-state index contributed by atoms with van der Waals surface area (Å²) in [6.07, 6.45) is 1.36. The Bertz CT molecular complexity index is 954. The fraction of sp³-hybridized carbons (Fsp3) is 0.250. The molecule has 1 aromatic carbocycles. The predicted molar refractivity (Wildman–Crippen MR) is 102 cm³/mol. The summed E-state index contributed by atoms with van der Waals surface area (Å²) in [5.74, 6) is -0.437. The molecule has 8 heteroatoms. The van der Waals surface area contributed by atoms with E-state index < -0.39 is 17.8 Å². The highest BCUT2D eigenvalue weighted by Crippen LogP contribution is 2.25. The van der Waals surface area contributed by atoms with Crippen molar-refractivity contribution in [3.8, 4) is 0 Å². The summed E-state index contributed by atoms with van der Waals surface area (Å²) in [6.45, 7) is 4.55. The highest BCUT2D eigenvalue weighted by atomic mass is 16.5. The number of carbonyl (C=O) groups excluding carboxylic acids is 3.